The van der Waals surface area contributed by atoms with Crippen molar-refractivity contribution in [1.29, 1.82) is 0 Å². The molecule has 27 heavy (non-hydrogen) atoms. The summed E-state index contributed by atoms with van der Waals surface area (Å²) in [6.07, 6.45) is 0. The Morgan fingerprint density at radius 1 is 0.926 bits per heavy atom. The van der Waals surface area contributed by atoms with Crippen LogP contribution in [0.2, 0.25) is 10.0 Å². The zero-order valence-electron chi connectivity index (χ0n) is 13.7. The maximum Gasteiger partial charge on any atom is 0.270 e. The van der Waals surface area contributed by atoms with Crippen molar-refractivity contribution in [2.24, 2.45) is 0 Å². The van der Waals surface area contributed by atoms with E-state index < -0.39 is 10.8 Å². The molecule has 0 heterocycles. The van der Waals surface area contributed by atoms with Gasteiger partial charge in [0.1, 0.15) is 11.5 Å². The summed E-state index contributed by atoms with van der Waals surface area (Å²) in [5, 5.41) is 14.2. The second kappa shape index (κ2) is 8.07. The van der Waals surface area contributed by atoms with E-state index in [0.29, 0.717) is 22.2 Å². The summed E-state index contributed by atoms with van der Waals surface area (Å²) in [5.74, 6) is 0.651. The Morgan fingerprint density at radius 2 is 1.52 bits per heavy atom. The topological polar surface area (TPSA) is 81.5 Å². The zero-order valence-corrected chi connectivity index (χ0v) is 15.2. The summed E-state index contributed by atoms with van der Waals surface area (Å²) in [4.78, 5) is 22.6. The summed E-state index contributed by atoms with van der Waals surface area (Å²) in [7, 11) is 0. The average molecular weight is 403 g/mol. The third kappa shape index (κ3) is 4.75. The van der Waals surface area contributed by atoms with Gasteiger partial charge in [0.15, 0.2) is 0 Å². The van der Waals surface area contributed by atoms with Crippen LogP contribution < -0.4 is 10.1 Å². The number of nitrogens with one attached hydrogen (secondary N) is 1. The van der Waals surface area contributed by atoms with E-state index in [1.165, 1.54) is 12.1 Å². The number of hydrogen-bond acceptors (Lipinski definition) is 4. The van der Waals surface area contributed by atoms with Crippen LogP contribution in [-0.4, -0.2) is 10.8 Å². The predicted octanol–water partition coefficient (Wildman–Crippen LogP) is 5.95. The molecule has 0 bridgehead atoms. The number of rotatable bonds is 5. The molecule has 0 radical (unpaired) electrons. The molecule has 0 aliphatic heterocycles. The number of hydrogen-bond donors (Lipinski definition) is 1. The first kappa shape index (κ1) is 18.7. The smallest absolute Gasteiger partial charge is 0.270 e. The van der Waals surface area contributed by atoms with Crippen molar-refractivity contribution in [1.82, 2.24) is 0 Å². The van der Waals surface area contributed by atoms with Crippen molar-refractivity contribution in [3.63, 3.8) is 0 Å². The number of carbonyl (C=O) groups excluding carboxylic acids is 1. The fourth-order valence-electron chi connectivity index (χ4n) is 2.24. The number of nitrogens with zero attached hydrogens (tertiary/aromatic N) is 1. The Labute approximate surface area is 164 Å². The fourth-order valence-corrected chi connectivity index (χ4v) is 2.57. The lowest BCUT2D eigenvalue weighted by atomic mass is 10.2. The molecule has 1 amide bonds. The molecule has 136 valence electrons. The van der Waals surface area contributed by atoms with Gasteiger partial charge in [0.25, 0.3) is 11.6 Å². The minimum absolute atomic E-state index is 0.0207. The molecule has 0 fully saturated rings. The number of ether oxygens (including phenoxy) is 1. The van der Waals surface area contributed by atoms with E-state index in [1.54, 1.807) is 48.5 Å². The Kier molecular flexibility index (Phi) is 5.59. The number of nitro groups is 1. The second-order valence-electron chi connectivity index (χ2n) is 5.46. The number of anilines is 1. The van der Waals surface area contributed by atoms with Crippen molar-refractivity contribution in [3.05, 3.63) is 92.5 Å². The van der Waals surface area contributed by atoms with Crippen LogP contribution in [0.15, 0.2) is 66.7 Å². The first-order chi connectivity index (χ1) is 12.9. The first-order valence-electron chi connectivity index (χ1n) is 7.71. The molecular weight excluding hydrogens is 391 g/mol. The van der Waals surface area contributed by atoms with Gasteiger partial charge in [-0.25, -0.2) is 0 Å². The Bertz CT molecular complexity index is 990. The van der Waals surface area contributed by atoms with Gasteiger partial charge in [-0.2, -0.15) is 0 Å². The van der Waals surface area contributed by atoms with E-state index in [2.05, 4.69) is 5.32 Å². The number of amides is 1. The van der Waals surface area contributed by atoms with E-state index in [-0.39, 0.29) is 16.3 Å². The van der Waals surface area contributed by atoms with E-state index >= 15 is 0 Å². The summed E-state index contributed by atoms with van der Waals surface area (Å²) in [6, 6.07) is 17.3. The zero-order chi connectivity index (χ0) is 19.4. The van der Waals surface area contributed by atoms with Gasteiger partial charge in [-0.3, -0.25) is 14.9 Å². The van der Waals surface area contributed by atoms with Gasteiger partial charge in [-0.1, -0.05) is 23.2 Å². The monoisotopic (exact) mass is 402 g/mol. The molecule has 1 N–H and O–H groups in total. The minimum Gasteiger partial charge on any atom is -0.457 e. The largest absolute Gasteiger partial charge is 0.457 e. The van der Waals surface area contributed by atoms with Gasteiger partial charge >= 0.3 is 0 Å². The Balaban J connectivity index is 1.71. The number of halogens is 2. The van der Waals surface area contributed by atoms with Gasteiger partial charge in [0.05, 0.1) is 15.5 Å². The van der Waals surface area contributed by atoms with E-state index in [9.17, 15) is 14.9 Å². The van der Waals surface area contributed by atoms with E-state index in [4.69, 9.17) is 27.9 Å². The molecule has 0 atom stereocenters. The lowest BCUT2D eigenvalue weighted by Gasteiger charge is -2.09. The summed E-state index contributed by atoms with van der Waals surface area (Å²) >= 11 is 11.8. The molecule has 3 rings (SSSR count). The summed E-state index contributed by atoms with van der Waals surface area (Å²) < 4.78 is 5.67. The molecule has 0 saturated carbocycles. The number of carbonyl (C=O) groups is 1. The summed E-state index contributed by atoms with van der Waals surface area (Å²) in [5.41, 5.74) is 0.301. The van der Waals surface area contributed by atoms with Crippen LogP contribution >= 0.6 is 23.2 Å². The lowest BCUT2D eigenvalue weighted by Crippen LogP contribution is -2.12. The van der Waals surface area contributed by atoms with E-state index in [0.717, 1.165) is 6.07 Å². The van der Waals surface area contributed by atoms with Crippen LogP contribution in [-0.2, 0) is 0 Å². The van der Waals surface area contributed by atoms with Crippen LogP contribution in [0.4, 0.5) is 11.4 Å². The van der Waals surface area contributed by atoms with Crippen LogP contribution in [0, 0.1) is 10.1 Å². The third-order valence-electron chi connectivity index (χ3n) is 3.57. The van der Waals surface area contributed by atoms with Gasteiger partial charge in [0, 0.05) is 22.8 Å². The SMILES string of the molecule is O=C(Nc1ccc(Oc2ccc(Cl)cc2)cc1)c1cc([N+](=O)[O-])ccc1Cl. The minimum atomic E-state index is -0.587. The molecule has 0 unspecified atom stereocenters. The standard InChI is InChI=1S/C19H12Cl2N2O4/c20-12-1-6-15(7-2-12)27-16-8-3-13(4-9-16)22-19(24)17-11-14(23(25)26)5-10-18(17)21/h1-11H,(H,22,24). The number of benzene rings is 3. The van der Waals surface area contributed by atoms with Crippen molar-refractivity contribution in [2.45, 2.75) is 0 Å². The normalized spacial score (nSPS) is 10.3. The van der Waals surface area contributed by atoms with Gasteiger partial charge in [-0.15, -0.1) is 0 Å². The average Bonchev–Trinajstić information content (AvgIpc) is 2.65. The second-order valence-corrected chi connectivity index (χ2v) is 6.30. The highest BCUT2D eigenvalue weighted by Gasteiger charge is 2.16. The molecule has 0 aromatic heterocycles. The highest BCUT2D eigenvalue weighted by molar-refractivity contribution is 6.34. The predicted molar refractivity (Wildman–Crippen MR) is 104 cm³/mol. The highest BCUT2D eigenvalue weighted by atomic mass is 35.5. The summed E-state index contributed by atoms with van der Waals surface area (Å²) in [6.45, 7) is 0. The lowest BCUT2D eigenvalue weighted by molar-refractivity contribution is -0.384. The van der Waals surface area contributed by atoms with Crippen LogP contribution in [0.5, 0.6) is 11.5 Å². The molecule has 8 heteroatoms. The van der Waals surface area contributed by atoms with Gasteiger partial charge < -0.3 is 10.1 Å². The molecule has 3 aromatic carbocycles. The van der Waals surface area contributed by atoms with Crippen molar-refractivity contribution >= 4 is 40.5 Å². The van der Waals surface area contributed by atoms with Crippen LogP contribution in [0.3, 0.4) is 0 Å². The van der Waals surface area contributed by atoms with Crippen molar-refractivity contribution in [3.8, 4) is 11.5 Å². The van der Waals surface area contributed by atoms with Crippen molar-refractivity contribution in [2.75, 3.05) is 5.32 Å². The maximum absolute atomic E-state index is 12.4. The molecule has 0 spiro atoms. The quantitative estimate of drug-likeness (QED) is 0.422. The molecule has 0 saturated heterocycles. The first-order valence-corrected chi connectivity index (χ1v) is 8.47. The van der Waals surface area contributed by atoms with Crippen molar-refractivity contribution < 1.29 is 14.5 Å². The van der Waals surface area contributed by atoms with Crippen LogP contribution in [0.1, 0.15) is 10.4 Å². The Morgan fingerprint density at radius 3 is 2.11 bits per heavy atom. The molecule has 3 aromatic rings. The van der Waals surface area contributed by atoms with Gasteiger partial charge in [-0.05, 0) is 54.6 Å². The highest BCUT2D eigenvalue weighted by Crippen LogP contribution is 2.26. The molecule has 6 nitrogen and oxygen atoms in total. The Hall–Kier alpha value is -3.09. The molecule has 0 aliphatic rings. The van der Waals surface area contributed by atoms with Crippen LogP contribution in [0.25, 0.3) is 0 Å². The van der Waals surface area contributed by atoms with E-state index in [1.807, 2.05) is 0 Å². The maximum atomic E-state index is 12.4. The fraction of sp³-hybridized carbons (Fsp3) is 0. The number of non-ortho nitro benzene ring substituents is 1. The molecular formula is C19H12Cl2N2O4. The van der Waals surface area contributed by atoms with Gasteiger partial charge in [0.2, 0.25) is 0 Å². The number of nitro benzene ring substituents is 1. The molecule has 0 aliphatic carbocycles. The third-order valence-corrected chi connectivity index (χ3v) is 4.15.